The second-order valence-corrected chi connectivity index (χ2v) is 6.29. The van der Waals surface area contributed by atoms with Crippen LogP contribution >= 0.6 is 0 Å². The van der Waals surface area contributed by atoms with Gasteiger partial charge >= 0.3 is 5.97 Å². The zero-order valence-corrected chi connectivity index (χ0v) is 12.4. The van der Waals surface area contributed by atoms with Gasteiger partial charge in [-0.1, -0.05) is 6.07 Å². The van der Waals surface area contributed by atoms with Crippen molar-refractivity contribution in [1.29, 1.82) is 0 Å². The Morgan fingerprint density at radius 1 is 1.19 bits per heavy atom. The molecule has 0 amide bonds. The highest BCUT2D eigenvalue weighted by Crippen LogP contribution is 2.25. The van der Waals surface area contributed by atoms with Gasteiger partial charge in [-0.05, 0) is 38.0 Å². The van der Waals surface area contributed by atoms with Crippen molar-refractivity contribution in [1.82, 2.24) is 9.44 Å². The van der Waals surface area contributed by atoms with E-state index in [-0.39, 0.29) is 18.2 Å². The second-order valence-electron chi connectivity index (χ2n) is 4.81. The van der Waals surface area contributed by atoms with E-state index < -0.39 is 28.0 Å². The van der Waals surface area contributed by atoms with E-state index in [2.05, 4.69) is 4.72 Å². The van der Waals surface area contributed by atoms with Gasteiger partial charge in [0.2, 0.25) is 0 Å². The summed E-state index contributed by atoms with van der Waals surface area (Å²) in [7, 11) is -3.96. The number of rotatable bonds is 7. The van der Waals surface area contributed by atoms with Crippen LogP contribution in [0.15, 0.2) is 18.2 Å². The summed E-state index contributed by atoms with van der Waals surface area (Å²) in [4.78, 5) is 11.2. The monoisotopic (exact) mass is 318 g/mol. The molecule has 0 spiro atoms. The molecule has 1 atom stereocenters. The maximum absolute atomic E-state index is 11.7. The fraction of sp³-hybridized carbons (Fsp3) is 0.417. The molecule has 0 saturated heterocycles. The van der Waals surface area contributed by atoms with Crippen LogP contribution in [0.4, 0.5) is 0 Å². The molecular weight excluding hydrogens is 300 g/mol. The third-order valence-electron chi connectivity index (χ3n) is 2.47. The normalized spacial score (nSPS) is 13.3. The van der Waals surface area contributed by atoms with Gasteiger partial charge in [0.1, 0.15) is 6.04 Å². The molecule has 0 radical (unpaired) electrons. The Bertz CT molecular complexity index is 614. The minimum absolute atomic E-state index is 0.178. The van der Waals surface area contributed by atoms with Crippen LogP contribution in [0.1, 0.15) is 19.4 Å². The largest absolute Gasteiger partial charge is 0.504 e. The van der Waals surface area contributed by atoms with Crippen molar-refractivity contribution in [2.75, 3.05) is 0 Å². The molecule has 0 aliphatic carbocycles. The van der Waals surface area contributed by atoms with Crippen molar-refractivity contribution in [2.45, 2.75) is 32.4 Å². The summed E-state index contributed by atoms with van der Waals surface area (Å²) in [5.41, 5.74) is 0.366. The van der Waals surface area contributed by atoms with E-state index >= 15 is 0 Å². The van der Waals surface area contributed by atoms with Crippen LogP contribution in [0, 0.1) is 0 Å². The second kappa shape index (κ2) is 6.74. The maximum Gasteiger partial charge on any atom is 0.322 e. The van der Waals surface area contributed by atoms with E-state index in [1.807, 2.05) is 4.72 Å². The van der Waals surface area contributed by atoms with Crippen molar-refractivity contribution >= 4 is 16.2 Å². The minimum Gasteiger partial charge on any atom is -0.504 e. The highest BCUT2D eigenvalue weighted by Gasteiger charge is 2.25. The molecule has 1 aromatic rings. The van der Waals surface area contributed by atoms with E-state index in [4.69, 9.17) is 5.11 Å². The summed E-state index contributed by atoms with van der Waals surface area (Å²) < 4.78 is 27.6. The molecule has 5 N–H and O–H groups in total. The molecule has 8 nitrogen and oxygen atoms in total. The number of carboxylic acids is 1. The topological polar surface area (TPSA) is 136 Å². The number of aromatic hydroxyl groups is 2. The van der Waals surface area contributed by atoms with Crippen LogP contribution in [0.3, 0.4) is 0 Å². The first-order chi connectivity index (χ1) is 9.60. The first-order valence-electron chi connectivity index (χ1n) is 6.14. The van der Waals surface area contributed by atoms with Gasteiger partial charge in [0.05, 0.1) is 0 Å². The molecule has 0 unspecified atom stereocenters. The molecule has 0 fully saturated rings. The van der Waals surface area contributed by atoms with Crippen molar-refractivity contribution in [3.63, 3.8) is 0 Å². The lowest BCUT2D eigenvalue weighted by Crippen LogP contribution is -2.49. The van der Waals surface area contributed by atoms with Gasteiger partial charge < -0.3 is 15.3 Å². The van der Waals surface area contributed by atoms with Crippen LogP contribution in [0.25, 0.3) is 0 Å². The van der Waals surface area contributed by atoms with Crippen LogP contribution in [-0.2, 0) is 21.4 Å². The predicted octanol–water partition coefficient (Wildman–Crippen LogP) is -0.0741. The summed E-state index contributed by atoms with van der Waals surface area (Å²) >= 11 is 0. The smallest absolute Gasteiger partial charge is 0.322 e. The fourth-order valence-corrected chi connectivity index (χ4v) is 2.89. The molecule has 118 valence electrons. The first-order valence-corrected chi connectivity index (χ1v) is 7.62. The first kappa shape index (κ1) is 17.2. The number of carboxylic acid groups (broad SMARTS) is 1. The van der Waals surface area contributed by atoms with Gasteiger partial charge in [0, 0.05) is 6.04 Å². The lowest BCUT2D eigenvalue weighted by Gasteiger charge is -2.17. The average Bonchev–Trinajstić information content (AvgIpc) is 2.30. The Labute approximate surface area is 122 Å². The number of phenols is 2. The quantitative estimate of drug-likeness (QED) is 0.446. The van der Waals surface area contributed by atoms with E-state index in [9.17, 15) is 23.4 Å². The van der Waals surface area contributed by atoms with Crippen molar-refractivity contribution < 1.29 is 28.5 Å². The molecule has 0 aromatic heterocycles. The van der Waals surface area contributed by atoms with Gasteiger partial charge in [-0.25, -0.2) is 0 Å². The lowest BCUT2D eigenvalue weighted by molar-refractivity contribution is -0.138. The zero-order chi connectivity index (χ0) is 16.2. The number of aliphatic carboxylic acids is 1. The van der Waals surface area contributed by atoms with E-state index in [0.29, 0.717) is 5.56 Å². The van der Waals surface area contributed by atoms with Crippen molar-refractivity contribution in [3.8, 4) is 11.5 Å². The third-order valence-corrected chi connectivity index (χ3v) is 3.84. The van der Waals surface area contributed by atoms with E-state index in [0.717, 1.165) is 0 Å². The van der Waals surface area contributed by atoms with E-state index in [1.165, 1.54) is 18.2 Å². The molecule has 0 aliphatic rings. The molecule has 0 saturated carbocycles. The Kier molecular flexibility index (Phi) is 5.53. The summed E-state index contributed by atoms with van der Waals surface area (Å²) in [5.74, 6) is -2.09. The molecule has 1 rings (SSSR count). The van der Waals surface area contributed by atoms with Crippen LogP contribution in [-0.4, -0.2) is 41.8 Å². The summed E-state index contributed by atoms with van der Waals surface area (Å²) in [5, 5.41) is 27.6. The molecule has 0 bridgehead atoms. The molecule has 0 aliphatic heterocycles. The number of hydrogen-bond acceptors (Lipinski definition) is 5. The predicted molar refractivity (Wildman–Crippen MR) is 75.2 cm³/mol. The summed E-state index contributed by atoms with van der Waals surface area (Å²) in [6.45, 7) is 3.21. The minimum atomic E-state index is -3.96. The standard InChI is InChI=1S/C12H18N2O6S/c1-7(2)13-21(19,20)14-9(12(17)18)5-8-3-4-10(15)11(16)6-8/h3-4,6-7,9,13-16H,5H2,1-2H3,(H,17,18)/t9-/m0/s1. The van der Waals surface area contributed by atoms with Gasteiger partial charge in [-0.3, -0.25) is 4.79 Å². The molecule has 9 heteroatoms. The zero-order valence-electron chi connectivity index (χ0n) is 11.6. The molecule has 21 heavy (non-hydrogen) atoms. The lowest BCUT2D eigenvalue weighted by atomic mass is 10.1. The maximum atomic E-state index is 11.7. The third kappa shape index (κ3) is 5.58. The Hall–Kier alpha value is -1.84. The van der Waals surface area contributed by atoms with Gasteiger partial charge in [-0.15, -0.1) is 0 Å². The number of phenolic OH excluding ortho intramolecular Hbond substituents is 2. The van der Waals surface area contributed by atoms with Crippen LogP contribution < -0.4 is 9.44 Å². The highest BCUT2D eigenvalue weighted by molar-refractivity contribution is 7.87. The van der Waals surface area contributed by atoms with Gasteiger partial charge in [-0.2, -0.15) is 17.9 Å². The Morgan fingerprint density at radius 3 is 2.29 bits per heavy atom. The highest BCUT2D eigenvalue weighted by atomic mass is 32.2. The number of hydrogen-bond donors (Lipinski definition) is 5. The fourth-order valence-electron chi connectivity index (χ4n) is 1.64. The summed E-state index contributed by atoms with van der Waals surface area (Å²) in [6.07, 6.45) is -0.178. The van der Waals surface area contributed by atoms with Gasteiger partial charge in [0.15, 0.2) is 11.5 Å². The van der Waals surface area contributed by atoms with E-state index in [1.54, 1.807) is 13.8 Å². The van der Waals surface area contributed by atoms with Gasteiger partial charge in [0.25, 0.3) is 10.2 Å². The van der Waals surface area contributed by atoms with Crippen molar-refractivity contribution in [3.05, 3.63) is 23.8 Å². The Balaban J connectivity index is 2.88. The SMILES string of the molecule is CC(C)NS(=O)(=O)N[C@@H](Cc1ccc(O)c(O)c1)C(=O)O. The Morgan fingerprint density at radius 2 is 1.81 bits per heavy atom. The van der Waals surface area contributed by atoms with Crippen LogP contribution in [0.2, 0.25) is 0 Å². The van der Waals surface area contributed by atoms with Crippen LogP contribution in [0.5, 0.6) is 11.5 Å². The number of carbonyl (C=O) groups is 1. The average molecular weight is 318 g/mol. The molecule has 0 heterocycles. The van der Waals surface area contributed by atoms with Crippen molar-refractivity contribution in [2.24, 2.45) is 0 Å². The molecular formula is C12H18N2O6S. The molecule has 1 aromatic carbocycles. The number of nitrogens with one attached hydrogen (secondary N) is 2. The number of benzene rings is 1. The summed E-state index contributed by atoms with van der Waals surface area (Å²) in [6, 6.07) is 1.99.